The second-order valence-corrected chi connectivity index (χ2v) is 5.44. The van der Waals surface area contributed by atoms with Gasteiger partial charge in [-0.15, -0.1) is 0 Å². The molecule has 1 aliphatic rings. The molecule has 0 bridgehead atoms. The smallest absolute Gasteiger partial charge is 0.325 e. The summed E-state index contributed by atoms with van der Waals surface area (Å²) < 4.78 is 28.1. The Hall–Kier alpha value is -0.0800. The van der Waals surface area contributed by atoms with Crippen LogP contribution in [0.15, 0.2) is 0 Å². The molecule has 16 heavy (non-hydrogen) atoms. The van der Waals surface area contributed by atoms with E-state index in [-0.39, 0.29) is 6.42 Å². The molecule has 1 aliphatic heterocycles. The molecule has 0 aromatic heterocycles. The summed E-state index contributed by atoms with van der Waals surface area (Å²) in [5, 5.41) is 27.5. The monoisotopic (exact) mass is 260 g/mol. The summed E-state index contributed by atoms with van der Waals surface area (Å²) in [4.78, 5) is 17.2. The first-order chi connectivity index (χ1) is 7.22. The molecular formula is C7H14FO7P. The van der Waals surface area contributed by atoms with Crippen LogP contribution in [0.5, 0.6) is 0 Å². The van der Waals surface area contributed by atoms with E-state index in [0.717, 1.165) is 0 Å². The highest BCUT2D eigenvalue weighted by molar-refractivity contribution is 7.51. The molecule has 0 aromatic carbocycles. The van der Waals surface area contributed by atoms with Crippen LogP contribution in [0.3, 0.4) is 0 Å². The molecule has 1 saturated heterocycles. The van der Waals surface area contributed by atoms with Crippen molar-refractivity contribution in [1.29, 1.82) is 0 Å². The molecule has 1 heterocycles. The maximum atomic E-state index is 12.9. The van der Waals surface area contributed by atoms with E-state index in [9.17, 15) is 14.1 Å². The summed E-state index contributed by atoms with van der Waals surface area (Å²) in [6, 6.07) is 0. The second kappa shape index (κ2) is 5.05. The minimum atomic E-state index is -4.26. The minimum Gasteiger partial charge on any atom is -0.388 e. The summed E-state index contributed by atoms with van der Waals surface area (Å²) in [5.74, 6) is 0. The molecule has 1 rings (SSSR count). The summed E-state index contributed by atoms with van der Waals surface area (Å²) in [5.41, 5.74) is 0. The average molecular weight is 260 g/mol. The van der Waals surface area contributed by atoms with E-state index in [2.05, 4.69) is 4.74 Å². The van der Waals surface area contributed by atoms with Crippen LogP contribution in [-0.2, 0) is 9.30 Å². The highest BCUT2D eigenvalue weighted by atomic mass is 31.2. The lowest BCUT2D eigenvalue weighted by Gasteiger charge is -2.37. The van der Waals surface area contributed by atoms with Crippen molar-refractivity contribution in [2.24, 2.45) is 0 Å². The van der Waals surface area contributed by atoms with E-state index in [1.807, 2.05) is 0 Å². The fourth-order valence-electron chi connectivity index (χ4n) is 1.45. The van der Waals surface area contributed by atoms with Gasteiger partial charge in [0.2, 0.25) is 0 Å². The van der Waals surface area contributed by atoms with Crippen molar-refractivity contribution in [2.75, 3.05) is 6.16 Å². The number of hydrogen-bond donors (Lipinski definition) is 5. The largest absolute Gasteiger partial charge is 0.388 e. The lowest BCUT2D eigenvalue weighted by atomic mass is 9.98. The number of aliphatic hydroxyl groups is 3. The molecule has 0 aromatic rings. The molecule has 0 amide bonds. The molecule has 7 nitrogen and oxygen atoms in total. The quantitative estimate of drug-likeness (QED) is 0.384. The molecule has 0 saturated carbocycles. The molecule has 0 radical (unpaired) electrons. The minimum absolute atomic E-state index is 0.285. The molecule has 0 aliphatic carbocycles. The van der Waals surface area contributed by atoms with Crippen LogP contribution in [0.25, 0.3) is 0 Å². The zero-order valence-corrected chi connectivity index (χ0v) is 9.07. The highest BCUT2D eigenvalue weighted by Gasteiger charge is 2.44. The van der Waals surface area contributed by atoms with Gasteiger partial charge in [-0.2, -0.15) is 0 Å². The molecular weight excluding hydrogens is 246 g/mol. The lowest BCUT2D eigenvalue weighted by molar-refractivity contribution is -0.265. The van der Waals surface area contributed by atoms with E-state index in [0.29, 0.717) is 0 Å². The molecule has 96 valence electrons. The second-order valence-electron chi connectivity index (χ2n) is 3.67. The maximum Gasteiger partial charge on any atom is 0.325 e. The standard InChI is InChI=1S/C7H14FO7P/c8-4-6(10)5(9)3(15-7(4)11)1-2-16(12,13)14/h3-7,9-11H,1-2H2,(H2,12,13,14)/t3-,4+,5-,6-,7?/m1/s1. The van der Waals surface area contributed by atoms with Gasteiger partial charge >= 0.3 is 7.60 Å². The molecule has 0 spiro atoms. The van der Waals surface area contributed by atoms with Gasteiger partial charge < -0.3 is 29.8 Å². The van der Waals surface area contributed by atoms with Crippen LogP contribution in [0.4, 0.5) is 4.39 Å². The summed E-state index contributed by atoms with van der Waals surface area (Å²) in [6.07, 6.45) is -9.56. The van der Waals surface area contributed by atoms with Gasteiger partial charge in [-0.3, -0.25) is 4.57 Å². The van der Waals surface area contributed by atoms with Gasteiger partial charge in [-0.25, -0.2) is 4.39 Å². The van der Waals surface area contributed by atoms with Crippen molar-refractivity contribution in [3.63, 3.8) is 0 Å². The first-order valence-electron chi connectivity index (χ1n) is 4.60. The van der Waals surface area contributed by atoms with Crippen LogP contribution in [0.1, 0.15) is 6.42 Å². The lowest BCUT2D eigenvalue weighted by Crippen LogP contribution is -2.55. The Bertz CT molecular complexity index is 282. The fraction of sp³-hybridized carbons (Fsp3) is 1.00. The third-order valence-electron chi connectivity index (χ3n) is 2.35. The molecule has 5 atom stereocenters. The van der Waals surface area contributed by atoms with Crippen molar-refractivity contribution < 1.29 is 38.8 Å². The third-order valence-corrected chi connectivity index (χ3v) is 3.19. The zero-order valence-electron chi connectivity index (χ0n) is 8.18. The number of alkyl halides is 1. The van der Waals surface area contributed by atoms with Gasteiger partial charge in [0.1, 0.15) is 12.2 Å². The first kappa shape index (κ1) is 14.0. The highest BCUT2D eigenvalue weighted by Crippen LogP contribution is 2.37. The average Bonchev–Trinajstić information content (AvgIpc) is 2.17. The van der Waals surface area contributed by atoms with Crippen LogP contribution in [0.2, 0.25) is 0 Å². The van der Waals surface area contributed by atoms with Crippen LogP contribution >= 0.6 is 7.60 Å². The van der Waals surface area contributed by atoms with Crippen molar-refractivity contribution in [3.8, 4) is 0 Å². The predicted octanol–water partition coefficient (Wildman–Crippen LogP) is -1.67. The van der Waals surface area contributed by atoms with E-state index >= 15 is 0 Å². The SMILES string of the molecule is O=P(O)(O)CC[C@H]1OC(O)[C@@H](F)[C@@H](O)[C@@H]1O. The van der Waals surface area contributed by atoms with Gasteiger partial charge in [0.15, 0.2) is 12.5 Å². The van der Waals surface area contributed by atoms with Crippen LogP contribution in [-0.4, -0.2) is 62.0 Å². The summed E-state index contributed by atoms with van der Waals surface area (Å²) in [7, 11) is -4.26. The number of rotatable bonds is 3. The topological polar surface area (TPSA) is 127 Å². The molecule has 5 N–H and O–H groups in total. The Morgan fingerprint density at radius 2 is 1.75 bits per heavy atom. The van der Waals surface area contributed by atoms with Gasteiger partial charge in [-0.05, 0) is 6.42 Å². The number of halogens is 1. The Labute approximate surface area is 90.6 Å². The van der Waals surface area contributed by atoms with Crippen molar-refractivity contribution in [3.05, 3.63) is 0 Å². The summed E-state index contributed by atoms with van der Waals surface area (Å²) >= 11 is 0. The van der Waals surface area contributed by atoms with Crippen LogP contribution < -0.4 is 0 Å². The van der Waals surface area contributed by atoms with Crippen molar-refractivity contribution in [1.82, 2.24) is 0 Å². The normalized spacial score (nSPS) is 41.0. The van der Waals surface area contributed by atoms with Gasteiger partial charge in [0.05, 0.1) is 12.3 Å². The van der Waals surface area contributed by atoms with Gasteiger partial charge in [0.25, 0.3) is 0 Å². The van der Waals surface area contributed by atoms with Crippen LogP contribution in [0, 0.1) is 0 Å². The molecule has 1 fully saturated rings. The zero-order chi connectivity index (χ0) is 12.5. The number of hydrogen-bond acceptors (Lipinski definition) is 5. The van der Waals surface area contributed by atoms with Gasteiger partial charge in [-0.1, -0.05) is 0 Å². The number of aliphatic hydroxyl groups excluding tert-OH is 3. The molecule has 1 unspecified atom stereocenters. The Morgan fingerprint density at radius 3 is 2.25 bits per heavy atom. The van der Waals surface area contributed by atoms with Crippen molar-refractivity contribution >= 4 is 7.60 Å². The molecule has 9 heteroatoms. The van der Waals surface area contributed by atoms with Gasteiger partial charge in [0, 0.05) is 0 Å². The predicted molar refractivity (Wildman–Crippen MR) is 49.3 cm³/mol. The van der Waals surface area contributed by atoms with E-state index < -0.39 is 44.5 Å². The Balaban J connectivity index is 2.57. The Kier molecular flexibility index (Phi) is 4.42. The summed E-state index contributed by atoms with van der Waals surface area (Å²) in [6.45, 7) is 0. The number of ether oxygens (including phenoxy) is 1. The third kappa shape index (κ3) is 3.46. The van der Waals surface area contributed by atoms with E-state index in [1.165, 1.54) is 0 Å². The first-order valence-corrected chi connectivity index (χ1v) is 6.40. The maximum absolute atomic E-state index is 12.9. The fourth-order valence-corrected chi connectivity index (χ4v) is 2.04. The van der Waals surface area contributed by atoms with E-state index in [4.69, 9.17) is 20.0 Å². The Morgan fingerprint density at radius 1 is 1.19 bits per heavy atom. The van der Waals surface area contributed by atoms with E-state index in [1.54, 1.807) is 0 Å². The van der Waals surface area contributed by atoms with Crippen molar-refractivity contribution in [2.45, 2.75) is 37.2 Å².